The first kappa shape index (κ1) is 25.2. The highest BCUT2D eigenvalue weighted by atomic mass is 35.5. The number of hydrogen-bond donors (Lipinski definition) is 1. The molecule has 1 N–H and O–H groups in total. The summed E-state index contributed by atoms with van der Waals surface area (Å²) in [6.07, 6.45) is -9.48. The molecule has 1 amide bonds. The minimum Gasteiger partial charge on any atom is -0.465 e. The Bertz CT molecular complexity index is 1250. The summed E-state index contributed by atoms with van der Waals surface area (Å²) in [5, 5.41) is 2.59. The predicted molar refractivity (Wildman–Crippen MR) is 107 cm³/mol. The van der Waals surface area contributed by atoms with Crippen molar-refractivity contribution in [2.24, 2.45) is 0 Å². The molecule has 2 aromatic heterocycles. The minimum absolute atomic E-state index is 0.0369. The van der Waals surface area contributed by atoms with Crippen molar-refractivity contribution in [2.75, 3.05) is 12.4 Å². The van der Waals surface area contributed by atoms with Gasteiger partial charge in [0.1, 0.15) is 0 Å². The molecular weight excluding hydrogens is 516 g/mol. The second kappa shape index (κ2) is 9.46. The summed E-state index contributed by atoms with van der Waals surface area (Å²) in [6.45, 7) is 0. The lowest BCUT2D eigenvalue weighted by molar-refractivity contribution is -0.141. The number of hydrogen-bond acceptors (Lipinski definition) is 7. The molecule has 0 fully saturated rings. The number of nitrogens with zero attached hydrogens (tertiary/aromatic N) is 2. The van der Waals surface area contributed by atoms with Gasteiger partial charge < -0.3 is 14.8 Å². The lowest BCUT2D eigenvalue weighted by atomic mass is 10.1. The number of rotatable bonds is 5. The van der Waals surface area contributed by atoms with Crippen molar-refractivity contribution >= 4 is 40.5 Å². The van der Waals surface area contributed by atoms with Crippen LogP contribution in [0.3, 0.4) is 0 Å². The van der Waals surface area contributed by atoms with E-state index in [1.807, 2.05) is 5.32 Å². The van der Waals surface area contributed by atoms with E-state index in [0.29, 0.717) is 18.3 Å². The molecule has 0 aliphatic heterocycles. The molecule has 0 saturated heterocycles. The second-order valence-electron chi connectivity index (χ2n) is 6.27. The van der Waals surface area contributed by atoms with Gasteiger partial charge in [0.2, 0.25) is 5.28 Å². The first-order chi connectivity index (χ1) is 15.8. The molecule has 0 atom stereocenters. The van der Waals surface area contributed by atoms with Crippen LogP contribution in [0.4, 0.5) is 32.0 Å². The number of esters is 1. The third-order valence-electron chi connectivity index (χ3n) is 4.05. The minimum atomic E-state index is -5.11. The Morgan fingerprint density at radius 1 is 1.06 bits per heavy atom. The number of amides is 1. The molecule has 1 aromatic carbocycles. The number of carbonyl (C=O) groups is 2. The van der Waals surface area contributed by atoms with Crippen LogP contribution in [0.5, 0.6) is 11.5 Å². The molecule has 0 bridgehead atoms. The number of alkyl halides is 6. The van der Waals surface area contributed by atoms with Crippen LogP contribution in [0.2, 0.25) is 5.28 Å². The third-order valence-corrected chi connectivity index (χ3v) is 5.11. The Hall–Kier alpha value is -3.39. The summed E-state index contributed by atoms with van der Waals surface area (Å²) in [5.41, 5.74) is -4.64. The summed E-state index contributed by atoms with van der Waals surface area (Å²) in [6, 6.07) is 3.23. The largest absolute Gasteiger partial charge is 0.465 e. The molecule has 3 aromatic rings. The number of benzene rings is 1. The number of methoxy groups -OCH3 is 1. The molecule has 0 radical (unpaired) electrons. The van der Waals surface area contributed by atoms with Crippen molar-refractivity contribution in [3.8, 4) is 11.5 Å². The lowest BCUT2D eigenvalue weighted by Crippen LogP contribution is -2.21. The molecule has 3 rings (SSSR count). The van der Waals surface area contributed by atoms with Gasteiger partial charge in [0.25, 0.3) is 5.91 Å². The Kier molecular flexibility index (Phi) is 7.02. The van der Waals surface area contributed by atoms with Crippen molar-refractivity contribution in [3.63, 3.8) is 0 Å². The fourth-order valence-corrected chi connectivity index (χ4v) is 3.43. The van der Waals surface area contributed by atoms with Crippen LogP contribution in [-0.4, -0.2) is 29.0 Å². The van der Waals surface area contributed by atoms with Crippen LogP contribution in [0.1, 0.15) is 31.3 Å². The van der Waals surface area contributed by atoms with Crippen molar-refractivity contribution < 1.29 is 45.4 Å². The van der Waals surface area contributed by atoms with Gasteiger partial charge in [0, 0.05) is 6.20 Å². The van der Waals surface area contributed by atoms with Gasteiger partial charge in [-0.05, 0) is 41.2 Å². The summed E-state index contributed by atoms with van der Waals surface area (Å²) in [7, 11) is 1.10. The summed E-state index contributed by atoms with van der Waals surface area (Å²) >= 11 is 6.29. The standard InChI is InChI=1S/C19H10ClF6N3O4S/c1-32-16(31)13-12(4-5-34-13)33-11-3-2-8(18(21,22)23)6-10(11)28-15(30)9-7-27-17(20)29-14(9)19(24,25)26/h2-7H,1H3,(H,28,30). The number of aromatic nitrogens is 2. The van der Waals surface area contributed by atoms with E-state index in [-0.39, 0.29) is 10.6 Å². The smallest absolute Gasteiger partial charge is 0.434 e. The third kappa shape index (κ3) is 5.56. The van der Waals surface area contributed by atoms with E-state index in [4.69, 9.17) is 16.3 Å². The fraction of sp³-hybridized carbons (Fsp3) is 0.158. The van der Waals surface area contributed by atoms with Crippen LogP contribution in [0, 0.1) is 0 Å². The first-order valence-corrected chi connectivity index (χ1v) is 10.0. The number of thiophene rings is 1. The first-order valence-electron chi connectivity index (χ1n) is 8.77. The molecule has 2 heterocycles. The van der Waals surface area contributed by atoms with Crippen LogP contribution in [0.15, 0.2) is 35.8 Å². The van der Waals surface area contributed by atoms with E-state index in [1.54, 1.807) is 0 Å². The van der Waals surface area contributed by atoms with Crippen LogP contribution < -0.4 is 10.1 Å². The van der Waals surface area contributed by atoms with E-state index in [1.165, 1.54) is 11.4 Å². The number of anilines is 1. The van der Waals surface area contributed by atoms with Gasteiger partial charge in [-0.2, -0.15) is 26.3 Å². The SMILES string of the molecule is COC(=O)c1sccc1Oc1ccc(C(F)(F)F)cc1NC(=O)c1cnc(Cl)nc1C(F)(F)F. The van der Waals surface area contributed by atoms with Gasteiger partial charge in [0.15, 0.2) is 22.1 Å². The zero-order valence-corrected chi connectivity index (χ0v) is 18.1. The van der Waals surface area contributed by atoms with Crippen molar-refractivity contribution in [3.05, 3.63) is 62.8 Å². The van der Waals surface area contributed by atoms with Gasteiger partial charge in [-0.1, -0.05) is 0 Å². The van der Waals surface area contributed by atoms with Gasteiger partial charge in [-0.25, -0.2) is 14.8 Å². The highest BCUT2D eigenvalue weighted by Gasteiger charge is 2.38. The topological polar surface area (TPSA) is 90.4 Å². The van der Waals surface area contributed by atoms with Crippen molar-refractivity contribution in [1.82, 2.24) is 9.97 Å². The Labute approximate surface area is 195 Å². The molecule has 0 spiro atoms. The maximum Gasteiger partial charge on any atom is 0.434 e. The normalized spacial score (nSPS) is 11.8. The van der Waals surface area contributed by atoms with Gasteiger partial charge >= 0.3 is 18.3 Å². The molecule has 0 unspecified atom stereocenters. The zero-order chi connectivity index (χ0) is 25.3. The monoisotopic (exact) mass is 525 g/mol. The Morgan fingerprint density at radius 3 is 2.38 bits per heavy atom. The quantitative estimate of drug-likeness (QED) is 0.247. The summed E-state index contributed by atoms with van der Waals surface area (Å²) in [5.74, 6) is -2.78. The number of nitrogens with one attached hydrogen (secondary N) is 1. The number of carbonyl (C=O) groups excluding carboxylic acids is 2. The fourth-order valence-electron chi connectivity index (χ4n) is 2.56. The molecule has 34 heavy (non-hydrogen) atoms. The van der Waals surface area contributed by atoms with E-state index < -0.39 is 57.8 Å². The Morgan fingerprint density at radius 2 is 1.76 bits per heavy atom. The van der Waals surface area contributed by atoms with Crippen molar-refractivity contribution in [2.45, 2.75) is 12.4 Å². The average Bonchev–Trinajstić information content (AvgIpc) is 3.21. The predicted octanol–water partition coefficient (Wildman–Crippen LogP) is 6.06. The number of halogens is 7. The maximum absolute atomic E-state index is 13.3. The lowest BCUT2D eigenvalue weighted by Gasteiger charge is -2.16. The van der Waals surface area contributed by atoms with Gasteiger partial charge in [-0.3, -0.25) is 4.79 Å². The molecule has 15 heteroatoms. The Balaban J connectivity index is 2.04. The van der Waals surface area contributed by atoms with Crippen LogP contribution in [-0.2, 0) is 17.1 Å². The van der Waals surface area contributed by atoms with Crippen LogP contribution in [0.25, 0.3) is 0 Å². The van der Waals surface area contributed by atoms with Gasteiger partial charge in [0.05, 0.1) is 23.9 Å². The van der Waals surface area contributed by atoms with Gasteiger partial charge in [-0.15, -0.1) is 11.3 Å². The van der Waals surface area contributed by atoms with E-state index in [2.05, 4.69) is 14.7 Å². The average molecular weight is 526 g/mol. The summed E-state index contributed by atoms with van der Waals surface area (Å²) < 4.78 is 89.6. The molecule has 0 aliphatic rings. The van der Waals surface area contributed by atoms with E-state index in [0.717, 1.165) is 24.5 Å². The van der Waals surface area contributed by atoms with E-state index in [9.17, 15) is 35.9 Å². The number of ether oxygens (including phenoxy) is 2. The van der Waals surface area contributed by atoms with Crippen molar-refractivity contribution in [1.29, 1.82) is 0 Å². The zero-order valence-electron chi connectivity index (χ0n) is 16.5. The molecule has 0 saturated carbocycles. The summed E-state index contributed by atoms with van der Waals surface area (Å²) in [4.78, 5) is 30.7. The molecular formula is C19H10ClF6N3O4S. The maximum atomic E-state index is 13.3. The second-order valence-corrected chi connectivity index (χ2v) is 7.52. The molecule has 180 valence electrons. The highest BCUT2D eigenvalue weighted by molar-refractivity contribution is 7.12. The molecule has 0 aliphatic carbocycles. The van der Waals surface area contributed by atoms with E-state index >= 15 is 0 Å². The molecule has 7 nitrogen and oxygen atoms in total. The van der Waals surface area contributed by atoms with Crippen LogP contribution >= 0.6 is 22.9 Å². The highest BCUT2D eigenvalue weighted by Crippen LogP contribution is 2.39.